The maximum atomic E-state index is 11.9. The summed E-state index contributed by atoms with van der Waals surface area (Å²) in [7, 11) is 1.59. The fraction of sp³-hybridized carbons (Fsp3) is 0.462. The molecule has 0 aliphatic heterocycles. The van der Waals surface area contributed by atoms with Gasteiger partial charge < -0.3 is 14.6 Å². The van der Waals surface area contributed by atoms with Gasteiger partial charge in [0.2, 0.25) is 0 Å². The minimum Gasteiger partial charge on any atom is -0.383 e. The standard InChI is InChI=1S/C13H17N3O3/c1-8(2)11-10-6-9(7-15-13(10)19-16-11)12(17)14-4-5-18-3/h6-8H,4-5H2,1-3H3,(H,14,17). The number of carbonyl (C=O) groups excluding carboxylic acids is 1. The van der Waals surface area contributed by atoms with Crippen LogP contribution in [0.5, 0.6) is 0 Å². The molecule has 0 aliphatic carbocycles. The van der Waals surface area contributed by atoms with Crippen molar-refractivity contribution in [2.75, 3.05) is 20.3 Å². The number of rotatable bonds is 5. The minimum atomic E-state index is -0.178. The summed E-state index contributed by atoms with van der Waals surface area (Å²) in [5.41, 5.74) is 1.76. The summed E-state index contributed by atoms with van der Waals surface area (Å²) in [5, 5.41) is 7.52. The van der Waals surface area contributed by atoms with Crippen LogP contribution in [0.4, 0.5) is 0 Å². The lowest BCUT2D eigenvalue weighted by Gasteiger charge is -2.04. The maximum Gasteiger partial charge on any atom is 0.257 e. The highest BCUT2D eigenvalue weighted by Gasteiger charge is 2.15. The summed E-state index contributed by atoms with van der Waals surface area (Å²) in [5.74, 6) is 0.0391. The Balaban J connectivity index is 2.24. The lowest BCUT2D eigenvalue weighted by Crippen LogP contribution is -2.26. The molecule has 0 aromatic carbocycles. The van der Waals surface area contributed by atoms with Crippen LogP contribution < -0.4 is 5.32 Å². The van der Waals surface area contributed by atoms with Gasteiger partial charge in [0.05, 0.1) is 23.3 Å². The van der Waals surface area contributed by atoms with Crippen molar-refractivity contribution in [2.45, 2.75) is 19.8 Å². The lowest BCUT2D eigenvalue weighted by atomic mass is 10.1. The van der Waals surface area contributed by atoms with Gasteiger partial charge in [-0.2, -0.15) is 0 Å². The minimum absolute atomic E-state index is 0.178. The summed E-state index contributed by atoms with van der Waals surface area (Å²) in [6.07, 6.45) is 1.49. The number of ether oxygens (including phenoxy) is 1. The number of fused-ring (bicyclic) bond motifs is 1. The van der Waals surface area contributed by atoms with Crippen LogP contribution in [0.15, 0.2) is 16.8 Å². The maximum absolute atomic E-state index is 11.9. The van der Waals surface area contributed by atoms with Crippen LogP contribution >= 0.6 is 0 Å². The quantitative estimate of drug-likeness (QED) is 0.831. The fourth-order valence-electron chi connectivity index (χ4n) is 1.76. The summed E-state index contributed by atoms with van der Waals surface area (Å²) in [4.78, 5) is 16.0. The summed E-state index contributed by atoms with van der Waals surface area (Å²) in [6, 6.07) is 1.76. The van der Waals surface area contributed by atoms with E-state index in [1.165, 1.54) is 6.20 Å². The van der Waals surface area contributed by atoms with Crippen LogP contribution in [0.2, 0.25) is 0 Å². The van der Waals surface area contributed by atoms with Crippen LogP contribution in [0.1, 0.15) is 35.8 Å². The third-order valence-electron chi connectivity index (χ3n) is 2.76. The van der Waals surface area contributed by atoms with Gasteiger partial charge in [0.1, 0.15) is 0 Å². The van der Waals surface area contributed by atoms with E-state index in [1.54, 1.807) is 13.2 Å². The van der Waals surface area contributed by atoms with Gasteiger partial charge >= 0.3 is 0 Å². The molecule has 6 heteroatoms. The Hall–Kier alpha value is -1.95. The first-order valence-electron chi connectivity index (χ1n) is 6.16. The van der Waals surface area contributed by atoms with Crippen LogP contribution in [0.25, 0.3) is 11.1 Å². The molecule has 0 fully saturated rings. The zero-order chi connectivity index (χ0) is 13.8. The lowest BCUT2D eigenvalue weighted by molar-refractivity contribution is 0.0937. The Kier molecular flexibility index (Phi) is 4.11. The van der Waals surface area contributed by atoms with Crippen molar-refractivity contribution in [1.29, 1.82) is 0 Å². The summed E-state index contributed by atoms with van der Waals surface area (Å²) >= 11 is 0. The van der Waals surface area contributed by atoms with Crippen molar-refractivity contribution in [3.63, 3.8) is 0 Å². The van der Waals surface area contributed by atoms with Gasteiger partial charge in [-0.1, -0.05) is 19.0 Å². The molecule has 1 N–H and O–H groups in total. The van der Waals surface area contributed by atoms with Gasteiger partial charge in [0, 0.05) is 19.9 Å². The molecule has 0 spiro atoms. The largest absolute Gasteiger partial charge is 0.383 e. The molecule has 102 valence electrons. The van der Waals surface area contributed by atoms with E-state index in [0.717, 1.165) is 11.1 Å². The molecule has 2 aromatic heterocycles. The summed E-state index contributed by atoms with van der Waals surface area (Å²) in [6.45, 7) is 4.98. The van der Waals surface area contributed by atoms with Crippen molar-refractivity contribution in [3.05, 3.63) is 23.5 Å². The topological polar surface area (TPSA) is 77.2 Å². The van der Waals surface area contributed by atoms with Gasteiger partial charge in [-0.05, 0) is 12.0 Å². The predicted molar refractivity (Wildman–Crippen MR) is 70.1 cm³/mol. The highest BCUT2D eigenvalue weighted by molar-refractivity contribution is 5.97. The van der Waals surface area contributed by atoms with Gasteiger partial charge in [0.25, 0.3) is 11.6 Å². The van der Waals surface area contributed by atoms with Crippen LogP contribution in [-0.4, -0.2) is 36.3 Å². The fourth-order valence-corrected chi connectivity index (χ4v) is 1.76. The molecule has 19 heavy (non-hydrogen) atoms. The second-order valence-corrected chi connectivity index (χ2v) is 4.55. The van der Waals surface area contributed by atoms with Crippen LogP contribution in [0.3, 0.4) is 0 Å². The molecule has 0 bridgehead atoms. The summed E-state index contributed by atoms with van der Waals surface area (Å²) < 4.78 is 10.0. The van der Waals surface area contributed by atoms with Crippen molar-refractivity contribution in [2.24, 2.45) is 0 Å². The Morgan fingerprint density at radius 3 is 3.00 bits per heavy atom. The third-order valence-corrected chi connectivity index (χ3v) is 2.76. The Labute approximate surface area is 111 Å². The first-order valence-corrected chi connectivity index (χ1v) is 6.16. The van der Waals surface area contributed by atoms with E-state index in [9.17, 15) is 4.79 Å². The number of aromatic nitrogens is 2. The van der Waals surface area contributed by atoms with Crippen LogP contribution in [-0.2, 0) is 4.74 Å². The second kappa shape index (κ2) is 5.79. The zero-order valence-corrected chi connectivity index (χ0v) is 11.3. The number of pyridine rings is 1. The average molecular weight is 263 g/mol. The van der Waals surface area contributed by atoms with E-state index in [-0.39, 0.29) is 11.8 Å². The SMILES string of the molecule is COCCNC(=O)c1cnc2onc(C(C)C)c2c1. The number of nitrogens with one attached hydrogen (secondary N) is 1. The van der Waals surface area contributed by atoms with E-state index < -0.39 is 0 Å². The van der Waals surface area contributed by atoms with Crippen molar-refractivity contribution < 1.29 is 14.1 Å². The van der Waals surface area contributed by atoms with E-state index in [1.807, 2.05) is 13.8 Å². The molecule has 0 aliphatic rings. The number of nitrogens with zero attached hydrogens (tertiary/aromatic N) is 2. The molecule has 0 radical (unpaired) electrons. The number of hydrogen-bond donors (Lipinski definition) is 1. The molecule has 6 nitrogen and oxygen atoms in total. The highest BCUT2D eigenvalue weighted by atomic mass is 16.5. The Morgan fingerprint density at radius 2 is 2.32 bits per heavy atom. The number of carbonyl (C=O) groups is 1. The first-order chi connectivity index (χ1) is 9.13. The van der Waals surface area contributed by atoms with Gasteiger partial charge in [-0.25, -0.2) is 4.98 Å². The molecular formula is C13H17N3O3. The molecule has 0 saturated carbocycles. The molecule has 2 rings (SSSR count). The van der Waals surface area contributed by atoms with Gasteiger partial charge in [-0.15, -0.1) is 0 Å². The number of hydrogen-bond acceptors (Lipinski definition) is 5. The average Bonchev–Trinajstić information content (AvgIpc) is 2.81. The van der Waals surface area contributed by atoms with E-state index in [4.69, 9.17) is 9.26 Å². The smallest absolute Gasteiger partial charge is 0.257 e. The van der Waals surface area contributed by atoms with Gasteiger partial charge in [0.15, 0.2) is 0 Å². The zero-order valence-electron chi connectivity index (χ0n) is 11.3. The van der Waals surface area contributed by atoms with Crippen molar-refractivity contribution >= 4 is 17.0 Å². The number of methoxy groups -OCH3 is 1. The monoisotopic (exact) mass is 263 g/mol. The molecule has 2 heterocycles. The highest BCUT2D eigenvalue weighted by Crippen LogP contribution is 2.23. The molecule has 0 unspecified atom stereocenters. The molecule has 0 atom stereocenters. The second-order valence-electron chi connectivity index (χ2n) is 4.55. The van der Waals surface area contributed by atoms with E-state index in [0.29, 0.717) is 24.4 Å². The van der Waals surface area contributed by atoms with E-state index in [2.05, 4.69) is 15.5 Å². The Bertz CT molecular complexity index is 578. The van der Waals surface area contributed by atoms with Crippen molar-refractivity contribution in [1.82, 2.24) is 15.5 Å². The van der Waals surface area contributed by atoms with Crippen molar-refractivity contribution in [3.8, 4) is 0 Å². The molecule has 0 saturated heterocycles. The number of amides is 1. The molecule has 2 aromatic rings. The predicted octanol–water partition coefficient (Wildman–Crippen LogP) is 1.72. The molecular weight excluding hydrogens is 246 g/mol. The van der Waals surface area contributed by atoms with Gasteiger partial charge in [-0.3, -0.25) is 4.79 Å². The Morgan fingerprint density at radius 1 is 1.53 bits per heavy atom. The first kappa shape index (κ1) is 13.5. The normalized spacial score (nSPS) is 11.2. The van der Waals surface area contributed by atoms with Crippen LogP contribution in [0, 0.1) is 0 Å². The third kappa shape index (κ3) is 2.90. The van der Waals surface area contributed by atoms with E-state index >= 15 is 0 Å². The molecule has 1 amide bonds.